The number of aromatic nitrogens is 3. The lowest BCUT2D eigenvalue weighted by Gasteiger charge is -2.17. The number of hydrogen-bond donors (Lipinski definition) is 0. The molecule has 0 unspecified atom stereocenters. The summed E-state index contributed by atoms with van der Waals surface area (Å²) < 4.78 is 15.4. The van der Waals surface area contributed by atoms with Gasteiger partial charge in [-0.15, -0.1) is 5.10 Å². The van der Waals surface area contributed by atoms with E-state index < -0.39 is 4.92 Å². The van der Waals surface area contributed by atoms with Crippen LogP contribution in [0.1, 0.15) is 5.56 Å². The Balaban J connectivity index is 1.72. The average Bonchev–Trinajstić information content (AvgIpc) is 3.07. The third kappa shape index (κ3) is 4.04. The van der Waals surface area contributed by atoms with Gasteiger partial charge in [0.25, 0.3) is 5.69 Å². The predicted molar refractivity (Wildman–Crippen MR) is 95.0 cm³/mol. The van der Waals surface area contributed by atoms with Crippen LogP contribution in [0.4, 0.5) is 10.1 Å². The van der Waals surface area contributed by atoms with Gasteiger partial charge in [0, 0.05) is 34.8 Å². The van der Waals surface area contributed by atoms with Crippen LogP contribution in [0.5, 0.6) is 0 Å². The molecule has 0 aliphatic rings. The third-order valence-corrected chi connectivity index (χ3v) is 4.08. The summed E-state index contributed by atoms with van der Waals surface area (Å²) in [5, 5.41) is 15.6. The van der Waals surface area contributed by atoms with Gasteiger partial charge in [-0.3, -0.25) is 15.0 Å². The Labute approximate surface area is 153 Å². The van der Waals surface area contributed by atoms with Gasteiger partial charge in [-0.2, -0.15) is 0 Å². The van der Waals surface area contributed by atoms with E-state index in [0.29, 0.717) is 35.2 Å². The van der Waals surface area contributed by atoms with Gasteiger partial charge in [0.1, 0.15) is 12.1 Å². The summed E-state index contributed by atoms with van der Waals surface area (Å²) in [6, 6.07) is 10.7. The van der Waals surface area contributed by atoms with E-state index in [1.165, 1.54) is 24.5 Å². The Morgan fingerprint density at radius 1 is 1.31 bits per heavy atom. The second-order valence-electron chi connectivity index (χ2n) is 5.77. The lowest BCUT2D eigenvalue weighted by molar-refractivity contribution is -0.384. The molecular formula is C17H15ClFN5O2. The smallest absolute Gasteiger partial charge is 0.270 e. The van der Waals surface area contributed by atoms with E-state index in [1.54, 1.807) is 36.0 Å². The topological polar surface area (TPSA) is 77.1 Å². The lowest BCUT2D eigenvalue weighted by atomic mass is 10.2. The second-order valence-corrected chi connectivity index (χ2v) is 6.18. The SMILES string of the molecule is CN(Cc1c(F)cccc1Cl)Cn1cnc(-c2cccc([N+](=O)[O-])c2)n1. The van der Waals surface area contributed by atoms with E-state index in [1.807, 2.05) is 4.90 Å². The minimum atomic E-state index is -0.466. The van der Waals surface area contributed by atoms with Gasteiger partial charge in [0.05, 0.1) is 11.6 Å². The van der Waals surface area contributed by atoms with Crippen molar-refractivity contribution < 1.29 is 9.31 Å². The maximum Gasteiger partial charge on any atom is 0.270 e. The zero-order chi connectivity index (χ0) is 18.7. The van der Waals surface area contributed by atoms with Gasteiger partial charge in [0.15, 0.2) is 5.82 Å². The first kappa shape index (κ1) is 18.0. The number of nitro groups is 1. The molecule has 0 bridgehead atoms. The Morgan fingerprint density at radius 3 is 2.81 bits per heavy atom. The Bertz CT molecular complexity index is 926. The number of nitro benzene ring substituents is 1. The van der Waals surface area contributed by atoms with Crippen molar-refractivity contribution in [2.75, 3.05) is 7.05 Å². The highest BCUT2D eigenvalue weighted by molar-refractivity contribution is 6.31. The standard InChI is InChI=1S/C17H15ClFN5O2/c1-22(9-14-15(18)6-3-7-16(14)19)11-23-10-20-17(21-23)12-4-2-5-13(8-12)24(25)26/h2-8,10H,9,11H2,1H3. The Hall–Kier alpha value is -2.84. The molecule has 0 atom stereocenters. The van der Waals surface area contributed by atoms with Gasteiger partial charge in [-0.05, 0) is 19.2 Å². The Morgan fingerprint density at radius 2 is 2.08 bits per heavy atom. The zero-order valence-electron chi connectivity index (χ0n) is 13.8. The molecular weight excluding hydrogens is 361 g/mol. The summed E-state index contributed by atoms with van der Waals surface area (Å²) in [6.45, 7) is 0.657. The van der Waals surface area contributed by atoms with Gasteiger partial charge in [-0.25, -0.2) is 14.1 Å². The summed E-state index contributed by atoms with van der Waals surface area (Å²) >= 11 is 6.04. The van der Waals surface area contributed by atoms with Crippen LogP contribution in [0.25, 0.3) is 11.4 Å². The fourth-order valence-corrected chi connectivity index (χ4v) is 2.73. The monoisotopic (exact) mass is 375 g/mol. The number of hydrogen-bond acceptors (Lipinski definition) is 5. The highest BCUT2D eigenvalue weighted by Crippen LogP contribution is 2.22. The summed E-state index contributed by atoms with van der Waals surface area (Å²) in [4.78, 5) is 16.4. The van der Waals surface area contributed by atoms with E-state index in [9.17, 15) is 14.5 Å². The minimum absolute atomic E-state index is 0.0230. The van der Waals surface area contributed by atoms with Crippen LogP contribution in [0.15, 0.2) is 48.8 Å². The molecule has 9 heteroatoms. The van der Waals surface area contributed by atoms with Crippen molar-refractivity contribution in [1.82, 2.24) is 19.7 Å². The van der Waals surface area contributed by atoms with Crippen molar-refractivity contribution in [2.24, 2.45) is 0 Å². The predicted octanol–water partition coefficient (Wildman–Crippen LogP) is 3.74. The maximum atomic E-state index is 13.9. The van der Waals surface area contributed by atoms with Crippen LogP contribution in [0.3, 0.4) is 0 Å². The number of halogens is 2. The first-order valence-corrected chi connectivity index (χ1v) is 8.07. The molecule has 1 heterocycles. The molecule has 0 saturated carbocycles. The van der Waals surface area contributed by atoms with Crippen molar-refractivity contribution in [3.8, 4) is 11.4 Å². The van der Waals surface area contributed by atoms with Crippen LogP contribution in [-0.2, 0) is 13.2 Å². The molecule has 134 valence electrons. The molecule has 0 aliphatic carbocycles. The second kappa shape index (κ2) is 7.59. The fraction of sp³-hybridized carbons (Fsp3) is 0.176. The molecule has 26 heavy (non-hydrogen) atoms. The van der Waals surface area contributed by atoms with Gasteiger partial charge < -0.3 is 0 Å². The molecule has 0 aliphatic heterocycles. The van der Waals surface area contributed by atoms with E-state index >= 15 is 0 Å². The first-order valence-electron chi connectivity index (χ1n) is 7.70. The van der Waals surface area contributed by atoms with Crippen molar-refractivity contribution in [3.05, 3.63) is 75.3 Å². The highest BCUT2D eigenvalue weighted by Gasteiger charge is 2.13. The van der Waals surface area contributed by atoms with E-state index in [0.717, 1.165) is 0 Å². The minimum Gasteiger partial charge on any atom is -0.283 e. The molecule has 1 aromatic heterocycles. The normalized spacial score (nSPS) is 11.1. The van der Waals surface area contributed by atoms with Crippen LogP contribution < -0.4 is 0 Å². The van der Waals surface area contributed by atoms with Crippen LogP contribution in [0.2, 0.25) is 5.02 Å². The largest absolute Gasteiger partial charge is 0.283 e. The zero-order valence-corrected chi connectivity index (χ0v) is 14.6. The van der Waals surface area contributed by atoms with E-state index in [2.05, 4.69) is 10.1 Å². The van der Waals surface area contributed by atoms with Crippen LogP contribution >= 0.6 is 11.6 Å². The quantitative estimate of drug-likeness (QED) is 0.484. The van der Waals surface area contributed by atoms with Gasteiger partial charge >= 0.3 is 0 Å². The molecule has 2 aromatic carbocycles. The summed E-state index contributed by atoms with van der Waals surface area (Å²) in [7, 11) is 1.80. The molecule has 7 nitrogen and oxygen atoms in total. The van der Waals surface area contributed by atoms with Gasteiger partial charge in [0.2, 0.25) is 0 Å². The van der Waals surface area contributed by atoms with Gasteiger partial charge in [-0.1, -0.05) is 29.8 Å². The molecule has 0 saturated heterocycles. The van der Waals surface area contributed by atoms with Crippen molar-refractivity contribution in [1.29, 1.82) is 0 Å². The fourth-order valence-electron chi connectivity index (χ4n) is 2.50. The van der Waals surface area contributed by atoms with Crippen molar-refractivity contribution in [3.63, 3.8) is 0 Å². The number of nitrogens with zero attached hydrogens (tertiary/aromatic N) is 5. The van der Waals surface area contributed by atoms with Crippen LogP contribution in [0, 0.1) is 15.9 Å². The molecule has 3 rings (SSSR count). The number of non-ortho nitro benzene ring substituents is 1. The van der Waals surface area contributed by atoms with E-state index in [4.69, 9.17) is 11.6 Å². The van der Waals surface area contributed by atoms with Crippen molar-refractivity contribution in [2.45, 2.75) is 13.2 Å². The average molecular weight is 376 g/mol. The Kier molecular flexibility index (Phi) is 5.24. The molecule has 3 aromatic rings. The highest BCUT2D eigenvalue weighted by atomic mass is 35.5. The maximum absolute atomic E-state index is 13.9. The first-order chi connectivity index (χ1) is 12.4. The lowest BCUT2D eigenvalue weighted by Crippen LogP contribution is -2.22. The third-order valence-electron chi connectivity index (χ3n) is 3.73. The summed E-state index contributed by atoms with van der Waals surface area (Å²) in [6.07, 6.45) is 1.52. The summed E-state index contributed by atoms with van der Waals surface area (Å²) in [5.41, 5.74) is 0.943. The molecule has 0 radical (unpaired) electrons. The molecule has 0 fully saturated rings. The molecule has 0 spiro atoms. The van der Waals surface area contributed by atoms with E-state index in [-0.39, 0.29) is 11.5 Å². The summed E-state index contributed by atoms with van der Waals surface area (Å²) in [5.74, 6) is 0.0197. The van der Waals surface area contributed by atoms with Crippen molar-refractivity contribution >= 4 is 17.3 Å². The number of benzene rings is 2. The molecule has 0 N–H and O–H groups in total. The number of rotatable bonds is 6. The molecule has 0 amide bonds. The van der Waals surface area contributed by atoms with Crippen LogP contribution in [-0.4, -0.2) is 31.6 Å².